The number of nitrogens with zero attached hydrogens (tertiary/aromatic N) is 1. The molecular formula is C8H14N2O2. The summed E-state index contributed by atoms with van der Waals surface area (Å²) >= 11 is 0. The lowest BCUT2D eigenvalue weighted by Crippen LogP contribution is -2.38. The molecule has 68 valence electrons. The Morgan fingerprint density at radius 2 is 2.25 bits per heavy atom. The summed E-state index contributed by atoms with van der Waals surface area (Å²) in [6, 6.07) is 1.67. The van der Waals surface area contributed by atoms with Gasteiger partial charge in [-0.15, -0.1) is 0 Å². The molecule has 0 aromatic heterocycles. The average molecular weight is 170 g/mol. The minimum Gasteiger partial charge on any atom is -0.396 e. The first-order chi connectivity index (χ1) is 5.61. The molecule has 0 radical (unpaired) electrons. The molecule has 2 atom stereocenters. The first-order valence-corrected chi connectivity index (χ1v) is 3.89. The number of hydrogen-bond acceptors (Lipinski definition) is 3. The number of carbonyl (C=O) groups excluding carboxylic acids is 1. The summed E-state index contributed by atoms with van der Waals surface area (Å²) in [5.41, 5.74) is 0. The second kappa shape index (κ2) is 5.56. The zero-order valence-electron chi connectivity index (χ0n) is 7.37. The average Bonchev–Trinajstić information content (AvgIpc) is 2.03. The highest BCUT2D eigenvalue weighted by molar-refractivity contribution is 5.78. The molecule has 4 heteroatoms. The molecule has 4 nitrogen and oxygen atoms in total. The number of rotatable bonds is 4. The Morgan fingerprint density at radius 3 is 2.67 bits per heavy atom. The Labute approximate surface area is 72.2 Å². The fraction of sp³-hybridized carbons (Fsp3) is 0.750. The summed E-state index contributed by atoms with van der Waals surface area (Å²) in [4.78, 5) is 10.9. The van der Waals surface area contributed by atoms with Gasteiger partial charge >= 0.3 is 0 Å². The van der Waals surface area contributed by atoms with Gasteiger partial charge < -0.3 is 10.4 Å². The monoisotopic (exact) mass is 170 g/mol. The molecule has 0 aliphatic rings. The van der Waals surface area contributed by atoms with Crippen LogP contribution in [0.3, 0.4) is 0 Å². The molecule has 0 aliphatic carbocycles. The van der Waals surface area contributed by atoms with Crippen molar-refractivity contribution >= 4 is 5.91 Å². The zero-order valence-corrected chi connectivity index (χ0v) is 7.37. The molecule has 0 aromatic carbocycles. The quantitative estimate of drug-likeness (QED) is 0.625. The van der Waals surface area contributed by atoms with Gasteiger partial charge in [-0.3, -0.25) is 4.79 Å². The maximum Gasteiger partial charge on any atom is 0.234 e. The molecular weight excluding hydrogens is 156 g/mol. The Morgan fingerprint density at radius 1 is 1.67 bits per heavy atom. The molecule has 0 rings (SSSR count). The Kier molecular flexibility index (Phi) is 5.06. The van der Waals surface area contributed by atoms with Crippen LogP contribution in [0.1, 0.15) is 20.3 Å². The van der Waals surface area contributed by atoms with Gasteiger partial charge in [0.1, 0.15) is 6.42 Å². The van der Waals surface area contributed by atoms with E-state index in [2.05, 4.69) is 5.32 Å². The Hall–Kier alpha value is -1.08. The number of nitriles is 1. The summed E-state index contributed by atoms with van der Waals surface area (Å²) in [7, 11) is 0. The van der Waals surface area contributed by atoms with Gasteiger partial charge in [0.25, 0.3) is 0 Å². The fourth-order valence-corrected chi connectivity index (χ4v) is 0.677. The van der Waals surface area contributed by atoms with Gasteiger partial charge in [0, 0.05) is 12.6 Å². The number of carbonyl (C=O) groups is 1. The third kappa shape index (κ3) is 3.94. The van der Waals surface area contributed by atoms with Crippen LogP contribution in [-0.4, -0.2) is 23.7 Å². The first kappa shape index (κ1) is 10.9. The van der Waals surface area contributed by atoms with Crippen molar-refractivity contribution in [3.63, 3.8) is 0 Å². The van der Waals surface area contributed by atoms with Gasteiger partial charge in [0.05, 0.1) is 6.07 Å². The van der Waals surface area contributed by atoms with Crippen LogP contribution in [-0.2, 0) is 4.79 Å². The van der Waals surface area contributed by atoms with E-state index in [0.717, 1.165) is 0 Å². The molecule has 0 heterocycles. The van der Waals surface area contributed by atoms with Gasteiger partial charge in [-0.25, -0.2) is 0 Å². The van der Waals surface area contributed by atoms with Crippen molar-refractivity contribution in [1.29, 1.82) is 5.26 Å². The van der Waals surface area contributed by atoms with Crippen LogP contribution < -0.4 is 5.32 Å². The van der Waals surface area contributed by atoms with Gasteiger partial charge in [-0.1, -0.05) is 6.92 Å². The number of aliphatic hydroxyl groups excluding tert-OH is 1. The smallest absolute Gasteiger partial charge is 0.234 e. The number of hydrogen-bond donors (Lipinski definition) is 2. The highest BCUT2D eigenvalue weighted by Gasteiger charge is 2.12. The van der Waals surface area contributed by atoms with Crippen molar-refractivity contribution < 1.29 is 9.90 Å². The second-order valence-corrected chi connectivity index (χ2v) is 2.85. The molecule has 0 saturated heterocycles. The van der Waals surface area contributed by atoms with E-state index in [1.165, 1.54) is 0 Å². The maximum absolute atomic E-state index is 10.9. The van der Waals surface area contributed by atoms with Crippen LogP contribution in [0.15, 0.2) is 0 Å². The first-order valence-electron chi connectivity index (χ1n) is 3.89. The van der Waals surface area contributed by atoms with E-state index in [4.69, 9.17) is 10.4 Å². The van der Waals surface area contributed by atoms with Crippen molar-refractivity contribution in [2.75, 3.05) is 6.61 Å². The summed E-state index contributed by atoms with van der Waals surface area (Å²) in [5, 5.41) is 19.5. The van der Waals surface area contributed by atoms with E-state index >= 15 is 0 Å². The molecule has 2 N–H and O–H groups in total. The molecule has 0 spiro atoms. The van der Waals surface area contributed by atoms with Crippen LogP contribution in [0.4, 0.5) is 0 Å². The summed E-state index contributed by atoms with van der Waals surface area (Å²) in [6.07, 6.45) is -0.123. The normalized spacial score (nSPS) is 14.5. The lowest BCUT2D eigenvalue weighted by atomic mass is 10.1. The molecule has 0 fully saturated rings. The van der Waals surface area contributed by atoms with E-state index < -0.39 is 0 Å². The highest BCUT2D eigenvalue weighted by atomic mass is 16.3. The molecule has 12 heavy (non-hydrogen) atoms. The predicted molar refractivity (Wildman–Crippen MR) is 44.1 cm³/mol. The van der Waals surface area contributed by atoms with Crippen molar-refractivity contribution in [3.8, 4) is 6.07 Å². The zero-order chi connectivity index (χ0) is 9.56. The largest absolute Gasteiger partial charge is 0.396 e. The lowest BCUT2D eigenvalue weighted by molar-refractivity contribution is -0.121. The molecule has 0 aromatic rings. The van der Waals surface area contributed by atoms with Gasteiger partial charge in [0.15, 0.2) is 0 Å². The van der Waals surface area contributed by atoms with E-state index in [1.54, 1.807) is 13.0 Å². The van der Waals surface area contributed by atoms with Gasteiger partial charge in [-0.05, 0) is 12.8 Å². The minimum absolute atomic E-state index is 0.0210. The van der Waals surface area contributed by atoms with Crippen LogP contribution in [0.2, 0.25) is 0 Å². The van der Waals surface area contributed by atoms with Gasteiger partial charge in [0.2, 0.25) is 5.91 Å². The predicted octanol–water partition coefficient (Wildman–Crippen LogP) is 0.0332. The topological polar surface area (TPSA) is 73.1 Å². The van der Waals surface area contributed by atoms with E-state index in [-0.39, 0.29) is 30.9 Å². The Bertz CT molecular complexity index is 186. The van der Waals surface area contributed by atoms with Gasteiger partial charge in [-0.2, -0.15) is 5.26 Å². The van der Waals surface area contributed by atoms with Crippen LogP contribution in [0.5, 0.6) is 0 Å². The van der Waals surface area contributed by atoms with Crippen molar-refractivity contribution in [2.45, 2.75) is 26.3 Å². The molecule has 2 unspecified atom stereocenters. The summed E-state index contributed by atoms with van der Waals surface area (Å²) in [6.45, 7) is 3.67. The fourth-order valence-electron chi connectivity index (χ4n) is 0.677. The minimum atomic E-state index is -0.287. The molecule has 0 aliphatic heterocycles. The van der Waals surface area contributed by atoms with Crippen molar-refractivity contribution in [3.05, 3.63) is 0 Å². The second-order valence-electron chi connectivity index (χ2n) is 2.85. The van der Waals surface area contributed by atoms with Crippen molar-refractivity contribution in [1.82, 2.24) is 5.32 Å². The van der Waals surface area contributed by atoms with Crippen molar-refractivity contribution in [2.24, 2.45) is 5.92 Å². The van der Waals surface area contributed by atoms with E-state index in [0.29, 0.717) is 0 Å². The highest BCUT2D eigenvalue weighted by Crippen LogP contribution is 2.00. The van der Waals surface area contributed by atoms with Crippen LogP contribution in [0, 0.1) is 17.2 Å². The standard InChI is InChI=1S/C8H14N2O2/c1-6(5-11)7(2)10-8(12)3-4-9/h6-7,11H,3,5H2,1-2H3,(H,10,12). The van der Waals surface area contributed by atoms with E-state index in [9.17, 15) is 4.79 Å². The molecule has 1 amide bonds. The van der Waals surface area contributed by atoms with Crippen LogP contribution in [0.25, 0.3) is 0 Å². The third-order valence-electron chi connectivity index (χ3n) is 1.77. The Balaban J connectivity index is 3.77. The summed E-state index contributed by atoms with van der Waals surface area (Å²) < 4.78 is 0. The van der Waals surface area contributed by atoms with Crippen LogP contribution >= 0.6 is 0 Å². The number of amides is 1. The van der Waals surface area contributed by atoms with E-state index in [1.807, 2.05) is 6.92 Å². The summed E-state index contributed by atoms with van der Waals surface area (Å²) in [5.74, 6) is -0.266. The third-order valence-corrected chi connectivity index (χ3v) is 1.77. The number of nitrogens with one attached hydrogen (secondary N) is 1. The molecule has 0 saturated carbocycles. The lowest BCUT2D eigenvalue weighted by Gasteiger charge is -2.18. The maximum atomic E-state index is 10.9. The molecule has 0 bridgehead atoms. The number of aliphatic hydroxyl groups is 1. The SMILES string of the molecule is CC(CO)C(C)NC(=O)CC#N.